The van der Waals surface area contributed by atoms with E-state index in [1.807, 2.05) is 13.0 Å². The highest BCUT2D eigenvalue weighted by Crippen LogP contribution is 2.32. The zero-order valence-electron chi connectivity index (χ0n) is 11.3. The topological polar surface area (TPSA) is 72.4 Å². The third-order valence-corrected chi connectivity index (χ3v) is 3.76. The lowest BCUT2D eigenvalue weighted by Crippen LogP contribution is -2.36. The van der Waals surface area contributed by atoms with Crippen molar-refractivity contribution in [1.82, 2.24) is 0 Å². The second kappa shape index (κ2) is 6.02. The fourth-order valence-electron chi connectivity index (χ4n) is 2.80. The van der Waals surface area contributed by atoms with Gasteiger partial charge < -0.3 is 10.6 Å². The Morgan fingerprint density at radius 1 is 1.53 bits per heavy atom. The van der Waals surface area contributed by atoms with Gasteiger partial charge in [0.05, 0.1) is 4.92 Å². The van der Waals surface area contributed by atoms with E-state index in [0.717, 1.165) is 37.2 Å². The number of nitro benzene ring substituents is 1. The van der Waals surface area contributed by atoms with Crippen LogP contribution in [0.2, 0.25) is 0 Å². The van der Waals surface area contributed by atoms with Crippen molar-refractivity contribution in [2.45, 2.75) is 26.2 Å². The van der Waals surface area contributed by atoms with Gasteiger partial charge in [-0.2, -0.15) is 0 Å². The molecule has 1 aliphatic rings. The lowest BCUT2D eigenvalue weighted by atomic mass is 9.94. The number of nitrogens with two attached hydrogens (primary N) is 1. The highest BCUT2D eigenvalue weighted by molar-refractivity contribution is 5.64. The summed E-state index contributed by atoms with van der Waals surface area (Å²) < 4.78 is 0. The highest BCUT2D eigenvalue weighted by atomic mass is 16.6. The molecule has 5 heteroatoms. The van der Waals surface area contributed by atoms with Gasteiger partial charge >= 0.3 is 0 Å². The van der Waals surface area contributed by atoms with Crippen molar-refractivity contribution in [3.05, 3.63) is 33.9 Å². The van der Waals surface area contributed by atoms with Crippen LogP contribution in [-0.4, -0.2) is 24.6 Å². The van der Waals surface area contributed by atoms with Crippen molar-refractivity contribution in [1.29, 1.82) is 0 Å². The Hall–Kier alpha value is -1.62. The van der Waals surface area contributed by atoms with E-state index in [1.54, 1.807) is 12.1 Å². The SMILES string of the molecule is Cc1ccc([N+](=O)[O-])c(N2CCCC(CCN)C2)c1. The van der Waals surface area contributed by atoms with Crippen LogP contribution in [0.15, 0.2) is 18.2 Å². The quantitative estimate of drug-likeness (QED) is 0.669. The molecule has 1 aromatic rings. The first-order valence-electron chi connectivity index (χ1n) is 6.82. The first-order valence-corrected chi connectivity index (χ1v) is 6.82. The number of piperidine rings is 1. The van der Waals surface area contributed by atoms with Crippen molar-refractivity contribution in [3.63, 3.8) is 0 Å². The fraction of sp³-hybridized carbons (Fsp3) is 0.571. The predicted octanol–water partition coefficient (Wildman–Crippen LogP) is 2.47. The molecule has 0 bridgehead atoms. The van der Waals surface area contributed by atoms with Crippen molar-refractivity contribution < 1.29 is 4.92 Å². The number of nitro groups is 1. The number of anilines is 1. The third-order valence-electron chi connectivity index (χ3n) is 3.76. The zero-order chi connectivity index (χ0) is 13.8. The molecular weight excluding hydrogens is 242 g/mol. The van der Waals surface area contributed by atoms with E-state index in [9.17, 15) is 10.1 Å². The number of aryl methyl sites for hydroxylation is 1. The summed E-state index contributed by atoms with van der Waals surface area (Å²) in [5.74, 6) is 0.555. The van der Waals surface area contributed by atoms with E-state index < -0.39 is 0 Å². The van der Waals surface area contributed by atoms with E-state index in [-0.39, 0.29) is 10.6 Å². The lowest BCUT2D eigenvalue weighted by molar-refractivity contribution is -0.384. The summed E-state index contributed by atoms with van der Waals surface area (Å²) in [5.41, 5.74) is 7.64. The Balaban J connectivity index is 2.24. The Morgan fingerprint density at radius 2 is 2.32 bits per heavy atom. The van der Waals surface area contributed by atoms with Gasteiger partial charge in [0.25, 0.3) is 5.69 Å². The molecule has 0 amide bonds. The Bertz CT molecular complexity index is 460. The number of rotatable bonds is 4. The molecule has 0 radical (unpaired) electrons. The van der Waals surface area contributed by atoms with E-state index >= 15 is 0 Å². The van der Waals surface area contributed by atoms with Crippen molar-refractivity contribution in [3.8, 4) is 0 Å². The molecule has 1 heterocycles. The summed E-state index contributed by atoms with van der Waals surface area (Å²) in [6, 6.07) is 5.32. The molecule has 2 N–H and O–H groups in total. The summed E-state index contributed by atoms with van der Waals surface area (Å²) in [4.78, 5) is 13.0. The fourth-order valence-corrected chi connectivity index (χ4v) is 2.80. The Kier molecular flexibility index (Phi) is 4.37. The van der Waals surface area contributed by atoms with E-state index in [2.05, 4.69) is 4.90 Å². The van der Waals surface area contributed by atoms with Crippen LogP contribution in [-0.2, 0) is 0 Å². The number of nitrogens with zero attached hydrogens (tertiary/aromatic N) is 2. The van der Waals surface area contributed by atoms with E-state index in [4.69, 9.17) is 5.73 Å². The Labute approximate surface area is 113 Å². The summed E-state index contributed by atoms with van der Waals surface area (Å²) in [6.45, 7) is 4.43. The number of hydrogen-bond acceptors (Lipinski definition) is 4. The maximum atomic E-state index is 11.1. The molecule has 1 fully saturated rings. The van der Waals surface area contributed by atoms with Crippen LogP contribution in [0.3, 0.4) is 0 Å². The van der Waals surface area contributed by atoms with Crippen LogP contribution in [0.5, 0.6) is 0 Å². The average Bonchev–Trinajstić information content (AvgIpc) is 2.39. The molecule has 1 saturated heterocycles. The van der Waals surface area contributed by atoms with Crippen molar-refractivity contribution in [2.24, 2.45) is 11.7 Å². The zero-order valence-corrected chi connectivity index (χ0v) is 11.3. The van der Waals surface area contributed by atoms with Gasteiger partial charge in [0.15, 0.2) is 0 Å². The summed E-state index contributed by atoms with van der Waals surface area (Å²) >= 11 is 0. The van der Waals surface area contributed by atoms with Crippen LogP contribution in [0.4, 0.5) is 11.4 Å². The van der Waals surface area contributed by atoms with Crippen LogP contribution in [0, 0.1) is 23.0 Å². The second-order valence-corrected chi connectivity index (χ2v) is 5.28. The van der Waals surface area contributed by atoms with Gasteiger partial charge in [-0.15, -0.1) is 0 Å². The van der Waals surface area contributed by atoms with Crippen LogP contribution < -0.4 is 10.6 Å². The number of hydrogen-bond donors (Lipinski definition) is 1. The van der Waals surface area contributed by atoms with Gasteiger partial charge in [-0.1, -0.05) is 6.07 Å². The van der Waals surface area contributed by atoms with Crippen molar-refractivity contribution >= 4 is 11.4 Å². The molecule has 19 heavy (non-hydrogen) atoms. The normalized spacial score (nSPS) is 19.5. The summed E-state index contributed by atoms with van der Waals surface area (Å²) in [7, 11) is 0. The van der Waals surface area contributed by atoms with Crippen LogP contribution >= 0.6 is 0 Å². The van der Waals surface area contributed by atoms with Gasteiger partial charge in [-0.3, -0.25) is 10.1 Å². The molecule has 1 unspecified atom stereocenters. The van der Waals surface area contributed by atoms with Crippen LogP contribution in [0.25, 0.3) is 0 Å². The number of benzene rings is 1. The van der Waals surface area contributed by atoms with E-state index in [1.165, 1.54) is 6.42 Å². The molecule has 1 aliphatic heterocycles. The van der Waals surface area contributed by atoms with Gasteiger partial charge in [0.2, 0.25) is 0 Å². The molecule has 2 rings (SSSR count). The second-order valence-electron chi connectivity index (χ2n) is 5.28. The lowest BCUT2D eigenvalue weighted by Gasteiger charge is -2.34. The van der Waals surface area contributed by atoms with Crippen molar-refractivity contribution in [2.75, 3.05) is 24.5 Å². The minimum Gasteiger partial charge on any atom is -0.366 e. The third kappa shape index (κ3) is 3.23. The molecule has 0 aromatic heterocycles. The molecule has 1 atom stereocenters. The first kappa shape index (κ1) is 13.8. The summed E-state index contributed by atoms with van der Waals surface area (Å²) in [5, 5.41) is 11.1. The standard InChI is InChI=1S/C14H21N3O2/c1-11-4-5-13(17(18)19)14(9-11)16-8-2-3-12(10-16)6-7-15/h4-5,9,12H,2-3,6-8,10,15H2,1H3. The van der Waals surface area contributed by atoms with E-state index in [0.29, 0.717) is 12.5 Å². The van der Waals surface area contributed by atoms with Gasteiger partial charge in [0.1, 0.15) is 5.69 Å². The summed E-state index contributed by atoms with van der Waals surface area (Å²) in [6.07, 6.45) is 3.25. The minimum atomic E-state index is -0.290. The maximum Gasteiger partial charge on any atom is 0.292 e. The molecular formula is C14H21N3O2. The average molecular weight is 263 g/mol. The van der Waals surface area contributed by atoms with Gasteiger partial charge in [0, 0.05) is 19.2 Å². The Morgan fingerprint density at radius 3 is 3.00 bits per heavy atom. The molecule has 0 saturated carbocycles. The molecule has 1 aromatic carbocycles. The molecule has 0 spiro atoms. The van der Waals surface area contributed by atoms with Gasteiger partial charge in [-0.05, 0) is 50.3 Å². The molecule has 5 nitrogen and oxygen atoms in total. The molecule has 104 valence electrons. The minimum absolute atomic E-state index is 0.207. The smallest absolute Gasteiger partial charge is 0.292 e. The maximum absolute atomic E-state index is 11.1. The predicted molar refractivity (Wildman–Crippen MR) is 76.4 cm³/mol. The largest absolute Gasteiger partial charge is 0.366 e. The highest BCUT2D eigenvalue weighted by Gasteiger charge is 2.25. The monoisotopic (exact) mass is 263 g/mol. The first-order chi connectivity index (χ1) is 9.11. The molecule has 0 aliphatic carbocycles. The van der Waals surface area contributed by atoms with Gasteiger partial charge in [-0.25, -0.2) is 0 Å². The van der Waals surface area contributed by atoms with Crippen LogP contribution in [0.1, 0.15) is 24.8 Å².